The van der Waals surface area contributed by atoms with E-state index in [1.165, 1.54) is 24.3 Å². The van der Waals surface area contributed by atoms with E-state index in [0.717, 1.165) is 12.1 Å². The van der Waals surface area contributed by atoms with E-state index in [1.807, 2.05) is 0 Å². The van der Waals surface area contributed by atoms with Crippen molar-refractivity contribution in [2.75, 3.05) is 9.44 Å². The second-order valence-corrected chi connectivity index (χ2v) is 10.1. The lowest BCUT2D eigenvalue weighted by atomic mass is 10.3. The first-order valence-corrected chi connectivity index (χ1v) is 12.1. The van der Waals surface area contributed by atoms with Gasteiger partial charge in [-0.1, -0.05) is 29.8 Å². The molecule has 0 radical (unpaired) electrons. The number of furan rings is 2. The average Bonchev–Trinajstić information content (AvgIpc) is 3.38. The summed E-state index contributed by atoms with van der Waals surface area (Å²) in [4.78, 5) is 10.9. The summed E-state index contributed by atoms with van der Waals surface area (Å²) >= 11 is 5.96. The standard InChI is InChI=1S/C19H13ClN2O8S2/c20-12-5-6-13(21-31(25,26)17-8-7-16(30-17)19(23)24)14(10-12)22-32(27,28)18-9-11-3-1-2-4-15(11)29-18/h1-10,21-22H,(H,23,24). The molecule has 2 heterocycles. The van der Waals surface area contributed by atoms with Gasteiger partial charge in [0.1, 0.15) is 5.58 Å². The van der Waals surface area contributed by atoms with Gasteiger partial charge >= 0.3 is 5.97 Å². The maximum atomic E-state index is 12.8. The van der Waals surface area contributed by atoms with Gasteiger partial charge in [0.25, 0.3) is 20.0 Å². The lowest BCUT2D eigenvalue weighted by Gasteiger charge is -2.13. The fourth-order valence-corrected chi connectivity index (χ4v) is 4.98. The van der Waals surface area contributed by atoms with Crippen LogP contribution in [0.2, 0.25) is 5.02 Å². The van der Waals surface area contributed by atoms with Crippen molar-refractivity contribution in [1.82, 2.24) is 0 Å². The Morgan fingerprint density at radius 1 is 0.812 bits per heavy atom. The minimum atomic E-state index is -4.38. The van der Waals surface area contributed by atoms with Crippen molar-refractivity contribution in [3.05, 3.63) is 71.4 Å². The third-order valence-electron chi connectivity index (χ3n) is 4.20. The van der Waals surface area contributed by atoms with Crippen LogP contribution in [0.5, 0.6) is 0 Å². The zero-order valence-electron chi connectivity index (χ0n) is 15.8. The monoisotopic (exact) mass is 496 g/mol. The van der Waals surface area contributed by atoms with Crippen LogP contribution in [0.15, 0.2) is 79.7 Å². The highest BCUT2D eigenvalue weighted by Gasteiger charge is 2.25. The molecule has 13 heteroatoms. The summed E-state index contributed by atoms with van der Waals surface area (Å²) in [5.41, 5.74) is -0.0131. The number of rotatable bonds is 7. The number of para-hydroxylation sites is 1. The van der Waals surface area contributed by atoms with Gasteiger partial charge in [0, 0.05) is 16.5 Å². The Labute approximate surface area is 186 Å². The van der Waals surface area contributed by atoms with Crippen LogP contribution in [-0.4, -0.2) is 27.9 Å². The first-order valence-electron chi connectivity index (χ1n) is 8.72. The van der Waals surface area contributed by atoms with E-state index in [-0.39, 0.29) is 21.5 Å². The molecule has 0 saturated carbocycles. The van der Waals surface area contributed by atoms with Gasteiger partial charge in [-0.2, -0.15) is 16.8 Å². The molecule has 2 aromatic carbocycles. The first kappa shape index (κ1) is 21.7. The molecule has 0 aliphatic heterocycles. The molecule has 2 aromatic heterocycles. The molecule has 0 unspecified atom stereocenters. The molecule has 0 saturated heterocycles. The molecule has 0 aliphatic rings. The summed E-state index contributed by atoms with van der Waals surface area (Å²) in [6, 6.07) is 13.7. The number of sulfonamides is 2. The topological polar surface area (TPSA) is 156 Å². The van der Waals surface area contributed by atoms with Gasteiger partial charge in [-0.3, -0.25) is 9.44 Å². The van der Waals surface area contributed by atoms with Gasteiger partial charge in [-0.15, -0.1) is 0 Å². The van der Waals surface area contributed by atoms with Crippen molar-refractivity contribution in [1.29, 1.82) is 0 Å². The fourth-order valence-electron chi connectivity index (χ4n) is 2.75. The molecule has 3 N–H and O–H groups in total. The molecule has 4 rings (SSSR count). The Morgan fingerprint density at radius 2 is 1.50 bits per heavy atom. The van der Waals surface area contributed by atoms with Crippen LogP contribution in [0.25, 0.3) is 11.0 Å². The van der Waals surface area contributed by atoms with Gasteiger partial charge in [-0.25, -0.2) is 4.79 Å². The molecule has 166 valence electrons. The second-order valence-electron chi connectivity index (χ2n) is 6.43. The molecular weight excluding hydrogens is 484 g/mol. The zero-order valence-corrected chi connectivity index (χ0v) is 18.2. The Bertz CT molecular complexity index is 1520. The van der Waals surface area contributed by atoms with Crippen LogP contribution in [-0.2, 0) is 20.0 Å². The van der Waals surface area contributed by atoms with Crippen LogP contribution >= 0.6 is 11.6 Å². The molecule has 0 atom stereocenters. The largest absolute Gasteiger partial charge is 0.475 e. The summed E-state index contributed by atoms with van der Waals surface area (Å²) in [5, 5.41) is 8.54. The van der Waals surface area contributed by atoms with Gasteiger partial charge in [0.15, 0.2) is 0 Å². The van der Waals surface area contributed by atoms with Crippen molar-refractivity contribution in [3.8, 4) is 0 Å². The highest BCUT2D eigenvalue weighted by Crippen LogP contribution is 2.31. The van der Waals surface area contributed by atoms with Crippen molar-refractivity contribution in [2.24, 2.45) is 0 Å². The highest BCUT2D eigenvalue weighted by atomic mass is 35.5. The van der Waals surface area contributed by atoms with Crippen molar-refractivity contribution in [2.45, 2.75) is 10.2 Å². The Hall–Kier alpha value is -3.48. The van der Waals surface area contributed by atoms with Crippen LogP contribution in [0.1, 0.15) is 10.6 Å². The normalized spacial score (nSPS) is 12.0. The SMILES string of the molecule is O=C(O)c1ccc(S(=O)(=O)Nc2ccc(Cl)cc2NS(=O)(=O)c2cc3ccccc3o2)o1. The molecule has 0 spiro atoms. The quantitative estimate of drug-likeness (QED) is 0.347. The number of anilines is 2. The van der Waals surface area contributed by atoms with E-state index in [2.05, 4.69) is 9.44 Å². The minimum absolute atomic E-state index is 0.126. The van der Waals surface area contributed by atoms with E-state index in [1.54, 1.807) is 24.3 Å². The van der Waals surface area contributed by atoms with Gasteiger partial charge in [-0.05, 0) is 36.4 Å². The fraction of sp³-hybridized carbons (Fsp3) is 0. The highest BCUT2D eigenvalue weighted by molar-refractivity contribution is 7.93. The van der Waals surface area contributed by atoms with E-state index < -0.39 is 36.9 Å². The summed E-state index contributed by atoms with van der Waals surface area (Å²) < 4.78 is 65.5. The summed E-state index contributed by atoms with van der Waals surface area (Å²) in [6.45, 7) is 0. The summed E-state index contributed by atoms with van der Waals surface area (Å²) in [5.74, 6) is -2.02. The van der Waals surface area contributed by atoms with E-state index in [0.29, 0.717) is 11.0 Å². The number of hydrogen-bond donors (Lipinski definition) is 3. The number of carboxylic acids is 1. The zero-order chi connectivity index (χ0) is 23.1. The van der Waals surface area contributed by atoms with Crippen LogP contribution in [0.3, 0.4) is 0 Å². The summed E-state index contributed by atoms with van der Waals surface area (Å²) in [7, 11) is -8.64. The van der Waals surface area contributed by atoms with Crippen LogP contribution < -0.4 is 9.44 Å². The molecular formula is C19H13ClN2O8S2. The van der Waals surface area contributed by atoms with Crippen molar-refractivity contribution >= 4 is 60.0 Å². The molecule has 32 heavy (non-hydrogen) atoms. The van der Waals surface area contributed by atoms with Gasteiger partial charge in [0.05, 0.1) is 11.4 Å². The molecule has 0 amide bonds. The smallest absolute Gasteiger partial charge is 0.371 e. The Morgan fingerprint density at radius 3 is 2.19 bits per heavy atom. The van der Waals surface area contributed by atoms with Crippen LogP contribution in [0.4, 0.5) is 11.4 Å². The average molecular weight is 497 g/mol. The van der Waals surface area contributed by atoms with Crippen LogP contribution in [0, 0.1) is 0 Å². The molecule has 0 aliphatic carbocycles. The number of benzene rings is 2. The molecule has 0 bridgehead atoms. The number of carbonyl (C=O) groups is 1. The Balaban J connectivity index is 1.68. The third-order valence-corrected chi connectivity index (χ3v) is 6.89. The lowest BCUT2D eigenvalue weighted by molar-refractivity contribution is 0.0656. The van der Waals surface area contributed by atoms with E-state index in [4.69, 9.17) is 25.5 Å². The maximum Gasteiger partial charge on any atom is 0.371 e. The lowest BCUT2D eigenvalue weighted by Crippen LogP contribution is -2.17. The van der Waals surface area contributed by atoms with E-state index in [9.17, 15) is 21.6 Å². The number of carboxylic acid groups (broad SMARTS) is 1. The number of aromatic carboxylic acids is 1. The van der Waals surface area contributed by atoms with Gasteiger partial charge < -0.3 is 13.9 Å². The molecule has 0 fully saturated rings. The second kappa shape index (κ2) is 7.89. The number of halogens is 1. The third kappa shape index (κ3) is 4.28. The van der Waals surface area contributed by atoms with E-state index >= 15 is 0 Å². The van der Waals surface area contributed by atoms with Crippen molar-refractivity contribution in [3.63, 3.8) is 0 Å². The predicted octanol–water partition coefficient (Wildman–Crippen LogP) is 3.98. The summed E-state index contributed by atoms with van der Waals surface area (Å²) in [6.07, 6.45) is 0. The predicted molar refractivity (Wildman–Crippen MR) is 115 cm³/mol. The minimum Gasteiger partial charge on any atom is -0.475 e. The number of fused-ring (bicyclic) bond motifs is 1. The maximum absolute atomic E-state index is 12.8. The number of hydrogen-bond acceptors (Lipinski definition) is 7. The van der Waals surface area contributed by atoms with Gasteiger partial charge in [0.2, 0.25) is 15.9 Å². The number of nitrogens with one attached hydrogen (secondary N) is 2. The molecule has 4 aromatic rings. The van der Waals surface area contributed by atoms with Crippen molar-refractivity contribution < 1.29 is 35.6 Å². The first-order chi connectivity index (χ1) is 15.0. The Kier molecular flexibility index (Phi) is 5.36. The molecule has 10 nitrogen and oxygen atoms in total.